The Labute approximate surface area is 176 Å². The predicted octanol–water partition coefficient (Wildman–Crippen LogP) is 0.681. The molecule has 1 atom stereocenters. The Morgan fingerprint density at radius 1 is 1.26 bits per heavy atom. The molecule has 162 valence electrons. The highest BCUT2D eigenvalue weighted by Gasteiger charge is 2.23. The molecule has 0 radical (unpaired) electrons. The zero-order valence-corrected chi connectivity index (χ0v) is 17.2. The molecule has 11 heteroatoms. The van der Waals surface area contributed by atoms with Gasteiger partial charge in [-0.2, -0.15) is 14.8 Å². The van der Waals surface area contributed by atoms with Gasteiger partial charge in [0, 0.05) is 19.7 Å². The molecule has 0 spiro atoms. The van der Waals surface area contributed by atoms with Crippen LogP contribution >= 0.6 is 0 Å². The molecular formula is C20H22N6O5. The molecular weight excluding hydrogens is 404 g/mol. The molecule has 2 aromatic heterocycles. The Morgan fingerprint density at radius 2 is 2.03 bits per heavy atom. The van der Waals surface area contributed by atoms with Gasteiger partial charge in [0.2, 0.25) is 5.82 Å². The maximum Gasteiger partial charge on any atom is 0.352 e. The van der Waals surface area contributed by atoms with Gasteiger partial charge < -0.3 is 14.6 Å². The van der Waals surface area contributed by atoms with Gasteiger partial charge in [0.25, 0.3) is 5.56 Å². The van der Waals surface area contributed by atoms with Crippen molar-refractivity contribution in [1.82, 2.24) is 29.8 Å². The number of rotatable bonds is 6. The van der Waals surface area contributed by atoms with Crippen molar-refractivity contribution >= 4 is 5.91 Å². The van der Waals surface area contributed by atoms with Crippen LogP contribution in [0.4, 0.5) is 0 Å². The van der Waals surface area contributed by atoms with E-state index in [-0.39, 0.29) is 30.1 Å². The average molecular weight is 426 g/mol. The average Bonchev–Trinajstić information content (AvgIpc) is 3.46. The standard InChI is InChI=1S/C20H22N6O5/c1-3-25-19(28)15(23-26(20(25)29)13-8-6-12(2)7-9-13)16-22-18(31-24-16)17(27)21-11-14-5-4-10-30-14/h6-9,14H,3-5,10-11H2,1-2H3,(H,21,27)/t14-/m0/s1. The molecule has 11 nitrogen and oxygen atoms in total. The van der Waals surface area contributed by atoms with Gasteiger partial charge in [0.15, 0.2) is 5.69 Å². The third-order valence-electron chi connectivity index (χ3n) is 5.00. The van der Waals surface area contributed by atoms with Crippen molar-refractivity contribution in [3.63, 3.8) is 0 Å². The minimum Gasteiger partial charge on any atom is -0.376 e. The largest absolute Gasteiger partial charge is 0.376 e. The molecule has 1 aliphatic heterocycles. The number of aryl methyl sites for hydroxylation is 1. The van der Waals surface area contributed by atoms with E-state index >= 15 is 0 Å². The van der Waals surface area contributed by atoms with Crippen molar-refractivity contribution in [3.8, 4) is 17.2 Å². The molecule has 4 rings (SSSR count). The summed E-state index contributed by atoms with van der Waals surface area (Å²) in [5.41, 5.74) is 0.0554. The van der Waals surface area contributed by atoms with Gasteiger partial charge in [-0.3, -0.25) is 14.2 Å². The fraction of sp³-hybridized carbons (Fsp3) is 0.400. The number of benzene rings is 1. The molecule has 0 bridgehead atoms. The van der Waals surface area contributed by atoms with Gasteiger partial charge in [0.05, 0.1) is 11.8 Å². The highest BCUT2D eigenvalue weighted by molar-refractivity contribution is 5.89. The summed E-state index contributed by atoms with van der Waals surface area (Å²) in [6.45, 7) is 4.73. The summed E-state index contributed by atoms with van der Waals surface area (Å²) in [5.74, 6) is -1.04. The maximum atomic E-state index is 12.8. The second kappa shape index (κ2) is 8.64. The molecule has 1 amide bonds. The normalized spacial score (nSPS) is 15.9. The second-order valence-electron chi connectivity index (χ2n) is 7.20. The first-order valence-corrected chi connectivity index (χ1v) is 10.0. The molecule has 1 N–H and O–H groups in total. The van der Waals surface area contributed by atoms with Crippen LogP contribution in [-0.4, -0.2) is 49.7 Å². The molecule has 3 heterocycles. The highest BCUT2D eigenvalue weighted by Crippen LogP contribution is 2.12. The smallest absolute Gasteiger partial charge is 0.352 e. The van der Waals surface area contributed by atoms with Crippen LogP contribution in [0.1, 0.15) is 36.0 Å². The van der Waals surface area contributed by atoms with Crippen LogP contribution in [-0.2, 0) is 11.3 Å². The van der Waals surface area contributed by atoms with Crippen LogP contribution in [0.15, 0.2) is 38.4 Å². The first-order valence-electron chi connectivity index (χ1n) is 10.0. The van der Waals surface area contributed by atoms with E-state index in [1.54, 1.807) is 19.1 Å². The second-order valence-corrected chi connectivity index (χ2v) is 7.20. The van der Waals surface area contributed by atoms with Crippen LogP contribution in [0, 0.1) is 6.92 Å². The van der Waals surface area contributed by atoms with E-state index in [2.05, 4.69) is 20.6 Å². The first-order chi connectivity index (χ1) is 15.0. The van der Waals surface area contributed by atoms with Gasteiger partial charge in [-0.1, -0.05) is 22.9 Å². The summed E-state index contributed by atoms with van der Waals surface area (Å²) in [4.78, 5) is 41.8. The Balaban J connectivity index is 1.67. The molecule has 1 saturated heterocycles. The van der Waals surface area contributed by atoms with Crippen molar-refractivity contribution in [1.29, 1.82) is 0 Å². The molecule has 0 unspecified atom stereocenters. The van der Waals surface area contributed by atoms with E-state index in [9.17, 15) is 14.4 Å². The minimum absolute atomic E-state index is 0.0390. The maximum absolute atomic E-state index is 12.8. The fourth-order valence-corrected chi connectivity index (χ4v) is 3.29. The quantitative estimate of drug-likeness (QED) is 0.608. The topological polar surface area (TPSA) is 134 Å². The summed E-state index contributed by atoms with van der Waals surface area (Å²) in [7, 11) is 0. The van der Waals surface area contributed by atoms with Crippen molar-refractivity contribution in [2.45, 2.75) is 39.3 Å². The number of nitrogens with one attached hydrogen (secondary N) is 1. The lowest BCUT2D eigenvalue weighted by Gasteiger charge is -2.09. The predicted molar refractivity (Wildman–Crippen MR) is 109 cm³/mol. The first kappa shape index (κ1) is 20.7. The van der Waals surface area contributed by atoms with Crippen molar-refractivity contribution < 1.29 is 14.1 Å². The zero-order valence-electron chi connectivity index (χ0n) is 17.2. The van der Waals surface area contributed by atoms with Crippen LogP contribution in [0.5, 0.6) is 0 Å². The van der Waals surface area contributed by atoms with Crippen LogP contribution in [0.25, 0.3) is 17.2 Å². The number of hydrogen-bond donors (Lipinski definition) is 1. The summed E-state index contributed by atoms with van der Waals surface area (Å²) in [6, 6.07) is 7.10. The van der Waals surface area contributed by atoms with Gasteiger partial charge in [-0.25, -0.2) is 4.79 Å². The summed E-state index contributed by atoms with van der Waals surface area (Å²) in [5, 5.41) is 10.6. The monoisotopic (exact) mass is 426 g/mol. The van der Waals surface area contributed by atoms with E-state index in [1.807, 2.05) is 19.1 Å². The number of nitrogens with zero attached hydrogens (tertiary/aromatic N) is 5. The number of ether oxygens (including phenoxy) is 1. The van der Waals surface area contributed by atoms with Crippen molar-refractivity contribution in [3.05, 3.63) is 56.6 Å². The number of amides is 1. The summed E-state index contributed by atoms with van der Waals surface area (Å²) in [6.07, 6.45) is 1.79. The van der Waals surface area contributed by atoms with Gasteiger partial charge in [-0.15, -0.1) is 0 Å². The zero-order chi connectivity index (χ0) is 22.0. The third kappa shape index (κ3) is 4.17. The molecule has 31 heavy (non-hydrogen) atoms. The minimum atomic E-state index is -0.664. The van der Waals surface area contributed by atoms with Crippen molar-refractivity contribution in [2.75, 3.05) is 13.2 Å². The van der Waals surface area contributed by atoms with Crippen LogP contribution in [0.3, 0.4) is 0 Å². The lowest BCUT2D eigenvalue weighted by molar-refractivity contribution is 0.0822. The molecule has 0 saturated carbocycles. The lowest BCUT2D eigenvalue weighted by Crippen LogP contribution is -2.41. The Morgan fingerprint density at radius 3 is 2.71 bits per heavy atom. The van der Waals surface area contributed by atoms with Gasteiger partial charge in [0.1, 0.15) is 0 Å². The van der Waals surface area contributed by atoms with E-state index in [4.69, 9.17) is 9.26 Å². The SMILES string of the molecule is CCn1c(=O)c(-c2noc(C(=O)NC[C@@H]3CCCO3)n2)nn(-c2ccc(C)cc2)c1=O. The Bertz CT molecular complexity index is 1200. The molecule has 1 aromatic carbocycles. The fourth-order valence-electron chi connectivity index (χ4n) is 3.29. The van der Waals surface area contributed by atoms with E-state index in [0.29, 0.717) is 18.8 Å². The Hall–Kier alpha value is -3.60. The van der Waals surface area contributed by atoms with Crippen LogP contribution in [0.2, 0.25) is 0 Å². The molecule has 3 aromatic rings. The summed E-state index contributed by atoms with van der Waals surface area (Å²) < 4.78 is 12.6. The van der Waals surface area contributed by atoms with E-state index < -0.39 is 17.2 Å². The molecule has 0 aliphatic carbocycles. The van der Waals surface area contributed by atoms with Gasteiger partial charge >= 0.3 is 17.5 Å². The molecule has 1 aliphatic rings. The number of carbonyl (C=O) groups excluding carboxylic acids is 1. The number of hydrogen-bond acceptors (Lipinski definition) is 8. The lowest BCUT2D eigenvalue weighted by atomic mass is 10.2. The van der Waals surface area contributed by atoms with E-state index in [1.165, 1.54) is 0 Å². The van der Waals surface area contributed by atoms with Gasteiger partial charge in [-0.05, 0) is 38.8 Å². The highest BCUT2D eigenvalue weighted by atomic mass is 16.5. The number of carbonyl (C=O) groups is 1. The molecule has 1 fully saturated rings. The van der Waals surface area contributed by atoms with Crippen LogP contribution < -0.4 is 16.6 Å². The van der Waals surface area contributed by atoms with E-state index in [0.717, 1.165) is 27.7 Å². The number of aromatic nitrogens is 5. The Kier molecular flexibility index (Phi) is 5.76. The third-order valence-corrected chi connectivity index (χ3v) is 5.00. The summed E-state index contributed by atoms with van der Waals surface area (Å²) >= 11 is 0. The van der Waals surface area contributed by atoms with Crippen molar-refractivity contribution in [2.24, 2.45) is 0 Å².